The van der Waals surface area contributed by atoms with E-state index in [2.05, 4.69) is 48.1 Å². The summed E-state index contributed by atoms with van der Waals surface area (Å²) < 4.78 is 2.18. The maximum absolute atomic E-state index is 12.6. The van der Waals surface area contributed by atoms with Gasteiger partial charge < -0.3 is 20.2 Å². The van der Waals surface area contributed by atoms with Gasteiger partial charge in [-0.3, -0.25) is 4.79 Å². The van der Waals surface area contributed by atoms with Crippen LogP contribution in [0, 0.1) is 0 Å². The number of aryl methyl sites for hydroxylation is 2. The molecule has 3 heterocycles. The van der Waals surface area contributed by atoms with Gasteiger partial charge in [-0.15, -0.1) is 0 Å². The fraction of sp³-hybridized carbons (Fsp3) is 0.524. The maximum Gasteiger partial charge on any atom is 0.253 e. The third-order valence-corrected chi connectivity index (χ3v) is 5.84. The zero-order chi connectivity index (χ0) is 20.4. The summed E-state index contributed by atoms with van der Waals surface area (Å²) in [4.78, 5) is 29.4. The molecule has 4 rings (SSSR count). The molecule has 0 radical (unpaired) electrons. The van der Waals surface area contributed by atoms with Crippen LogP contribution in [0.25, 0.3) is 11.2 Å². The number of H-pyrrole nitrogens is 1. The second-order valence-corrected chi connectivity index (χ2v) is 7.60. The first-order valence-corrected chi connectivity index (χ1v) is 10.5. The summed E-state index contributed by atoms with van der Waals surface area (Å²) in [5.41, 5.74) is 4.32. The molecule has 1 saturated carbocycles. The minimum atomic E-state index is -0.0377. The first-order valence-electron chi connectivity index (χ1n) is 10.5. The molecule has 0 aliphatic heterocycles. The van der Waals surface area contributed by atoms with Crippen LogP contribution in [0.2, 0.25) is 0 Å². The molecule has 0 saturated heterocycles. The Morgan fingerprint density at radius 2 is 2.00 bits per heavy atom. The van der Waals surface area contributed by atoms with E-state index in [1.807, 2.05) is 20.3 Å². The lowest BCUT2D eigenvalue weighted by Crippen LogP contribution is -2.20. The molecule has 3 N–H and O–H groups in total. The molecule has 0 atom stereocenters. The highest BCUT2D eigenvalue weighted by molar-refractivity contribution is 5.84. The molecule has 8 nitrogen and oxygen atoms in total. The van der Waals surface area contributed by atoms with Gasteiger partial charge in [-0.1, -0.05) is 26.7 Å². The Kier molecular flexibility index (Phi) is 5.51. The van der Waals surface area contributed by atoms with Gasteiger partial charge in [-0.2, -0.15) is 9.97 Å². The lowest BCUT2D eigenvalue weighted by molar-refractivity contribution is 0.529. The first-order chi connectivity index (χ1) is 14.1. The molecule has 1 fully saturated rings. The fourth-order valence-electron chi connectivity index (χ4n) is 4.17. The number of hydrogen-bond acceptors (Lipinski definition) is 6. The van der Waals surface area contributed by atoms with E-state index in [1.165, 1.54) is 12.8 Å². The molecule has 3 aromatic rings. The van der Waals surface area contributed by atoms with E-state index < -0.39 is 0 Å². The van der Waals surface area contributed by atoms with Crippen LogP contribution in [0.5, 0.6) is 0 Å². The third kappa shape index (κ3) is 3.71. The zero-order valence-electron chi connectivity index (χ0n) is 17.4. The van der Waals surface area contributed by atoms with Crippen molar-refractivity contribution < 1.29 is 0 Å². The van der Waals surface area contributed by atoms with E-state index in [0.717, 1.165) is 53.7 Å². The minimum Gasteiger partial charge on any atom is -0.364 e. The number of pyridine rings is 1. The number of hydrogen-bond donors (Lipinski definition) is 3. The average Bonchev–Trinajstić information content (AvgIpc) is 3.41. The normalized spacial score (nSPS) is 14.6. The predicted octanol–water partition coefficient (Wildman–Crippen LogP) is 3.41. The first kappa shape index (κ1) is 19.4. The predicted molar refractivity (Wildman–Crippen MR) is 116 cm³/mol. The molecule has 0 bridgehead atoms. The Balaban J connectivity index is 1.69. The lowest BCUT2D eigenvalue weighted by atomic mass is 10.1. The Bertz CT molecular complexity index is 1060. The highest BCUT2D eigenvalue weighted by Crippen LogP contribution is 2.33. The van der Waals surface area contributed by atoms with Crippen molar-refractivity contribution in [1.29, 1.82) is 0 Å². The molecule has 154 valence electrons. The number of rotatable bonds is 7. The standard InChI is InChI=1S/C21H29N7O/c1-4-13-10-14(5-2)25-20(29)16(13)11-23-18-17-19(27-21(22-3)26-18)28(12-24-17)15-8-6-7-9-15/h10,12,15H,4-9,11H2,1-3H3,(H,25,29)(H2,22,23,26,27). The highest BCUT2D eigenvalue weighted by Gasteiger charge is 2.22. The fourth-order valence-corrected chi connectivity index (χ4v) is 4.17. The second-order valence-electron chi connectivity index (χ2n) is 7.60. The van der Waals surface area contributed by atoms with Crippen LogP contribution in [-0.2, 0) is 19.4 Å². The van der Waals surface area contributed by atoms with Gasteiger partial charge in [0.15, 0.2) is 17.0 Å². The van der Waals surface area contributed by atoms with Crippen LogP contribution in [0.3, 0.4) is 0 Å². The van der Waals surface area contributed by atoms with E-state index in [1.54, 1.807) is 0 Å². The van der Waals surface area contributed by atoms with Crippen LogP contribution in [0.15, 0.2) is 17.2 Å². The molecular formula is C21H29N7O. The summed E-state index contributed by atoms with van der Waals surface area (Å²) in [7, 11) is 1.81. The van der Waals surface area contributed by atoms with E-state index in [9.17, 15) is 4.79 Å². The van der Waals surface area contributed by atoms with Crippen molar-refractivity contribution >= 4 is 22.9 Å². The molecule has 1 aliphatic carbocycles. The molecule has 0 aromatic carbocycles. The Hall–Kier alpha value is -2.90. The molecule has 8 heteroatoms. The smallest absolute Gasteiger partial charge is 0.253 e. The highest BCUT2D eigenvalue weighted by atomic mass is 16.1. The van der Waals surface area contributed by atoms with Gasteiger partial charge in [-0.25, -0.2) is 4.98 Å². The minimum absolute atomic E-state index is 0.0377. The van der Waals surface area contributed by atoms with Crippen molar-refractivity contribution in [2.75, 3.05) is 17.7 Å². The number of nitrogens with zero attached hydrogens (tertiary/aromatic N) is 4. The van der Waals surface area contributed by atoms with Crippen molar-refractivity contribution in [2.45, 2.75) is 65.0 Å². The number of aromatic nitrogens is 5. The van der Waals surface area contributed by atoms with Gasteiger partial charge in [0.1, 0.15) is 0 Å². The summed E-state index contributed by atoms with van der Waals surface area (Å²) >= 11 is 0. The van der Waals surface area contributed by atoms with Crippen molar-refractivity contribution in [1.82, 2.24) is 24.5 Å². The number of fused-ring (bicyclic) bond motifs is 1. The monoisotopic (exact) mass is 395 g/mol. The Morgan fingerprint density at radius 3 is 2.69 bits per heavy atom. The Morgan fingerprint density at radius 1 is 1.21 bits per heavy atom. The van der Waals surface area contributed by atoms with Crippen LogP contribution in [0.1, 0.15) is 62.4 Å². The van der Waals surface area contributed by atoms with Gasteiger partial charge in [0.05, 0.1) is 6.33 Å². The summed E-state index contributed by atoms with van der Waals surface area (Å²) in [5, 5.41) is 6.39. The van der Waals surface area contributed by atoms with Gasteiger partial charge in [0.25, 0.3) is 5.56 Å². The van der Waals surface area contributed by atoms with E-state index in [-0.39, 0.29) is 5.56 Å². The van der Waals surface area contributed by atoms with Crippen molar-refractivity contribution in [3.63, 3.8) is 0 Å². The number of nitrogens with one attached hydrogen (secondary N) is 3. The van der Waals surface area contributed by atoms with Crippen LogP contribution < -0.4 is 16.2 Å². The molecule has 3 aromatic heterocycles. The molecule has 0 unspecified atom stereocenters. The molecular weight excluding hydrogens is 366 g/mol. The summed E-state index contributed by atoms with van der Waals surface area (Å²) in [5.74, 6) is 1.20. The quantitative estimate of drug-likeness (QED) is 0.567. The average molecular weight is 396 g/mol. The maximum atomic E-state index is 12.6. The SMILES string of the molecule is CCc1cc(CC)c(CNc2nc(NC)nc3c2ncn3C2CCCC2)c(=O)[nH]1. The Labute approximate surface area is 170 Å². The third-order valence-electron chi connectivity index (χ3n) is 5.84. The molecule has 1 aliphatic rings. The van der Waals surface area contributed by atoms with Crippen molar-refractivity contribution in [3.8, 4) is 0 Å². The zero-order valence-corrected chi connectivity index (χ0v) is 17.4. The topological polar surface area (TPSA) is 101 Å². The molecule has 29 heavy (non-hydrogen) atoms. The summed E-state index contributed by atoms with van der Waals surface area (Å²) in [6.07, 6.45) is 8.31. The lowest BCUT2D eigenvalue weighted by Gasteiger charge is -2.14. The number of aromatic amines is 1. The second kappa shape index (κ2) is 8.23. The molecule has 0 spiro atoms. The summed E-state index contributed by atoms with van der Waals surface area (Å²) in [6, 6.07) is 2.53. The van der Waals surface area contributed by atoms with Gasteiger partial charge in [-0.05, 0) is 37.3 Å². The van der Waals surface area contributed by atoms with Crippen LogP contribution in [-0.4, -0.2) is 31.6 Å². The number of anilines is 2. The largest absolute Gasteiger partial charge is 0.364 e. The van der Waals surface area contributed by atoms with Crippen LogP contribution in [0.4, 0.5) is 11.8 Å². The van der Waals surface area contributed by atoms with Crippen molar-refractivity contribution in [2.24, 2.45) is 0 Å². The van der Waals surface area contributed by atoms with E-state index in [4.69, 9.17) is 0 Å². The van der Waals surface area contributed by atoms with Gasteiger partial charge >= 0.3 is 0 Å². The number of imidazole rings is 1. The molecule has 0 amide bonds. The summed E-state index contributed by atoms with van der Waals surface area (Å²) in [6.45, 7) is 4.51. The van der Waals surface area contributed by atoms with E-state index in [0.29, 0.717) is 24.4 Å². The van der Waals surface area contributed by atoms with Crippen LogP contribution >= 0.6 is 0 Å². The van der Waals surface area contributed by atoms with E-state index >= 15 is 0 Å². The van der Waals surface area contributed by atoms with Gasteiger partial charge in [0.2, 0.25) is 5.95 Å². The van der Waals surface area contributed by atoms with Crippen molar-refractivity contribution in [3.05, 3.63) is 39.6 Å². The van der Waals surface area contributed by atoms with Gasteiger partial charge in [0, 0.05) is 30.9 Å².